The minimum atomic E-state index is -4.92. The number of carbonyl (C=O) groups excluding carboxylic acids is 4. The third-order valence-electron chi connectivity index (χ3n) is 9.78. The molecular formula is C40H47N6O15P. The van der Waals surface area contributed by atoms with Gasteiger partial charge in [0.1, 0.15) is 54.8 Å². The highest BCUT2D eigenvalue weighted by atomic mass is 31.2. The monoisotopic (exact) mass is 882 g/mol. The molecule has 4 aromatic rings. The number of phosphoric acid groups is 1. The lowest BCUT2D eigenvalue weighted by molar-refractivity contribution is -0.254. The molecule has 1 aliphatic heterocycles. The summed E-state index contributed by atoms with van der Waals surface area (Å²) in [6.45, 7) is 0.106. The lowest BCUT2D eigenvalue weighted by atomic mass is 9.96. The molecule has 1 saturated heterocycles. The summed E-state index contributed by atoms with van der Waals surface area (Å²) in [6, 6.07) is 16.2. The van der Waals surface area contributed by atoms with E-state index in [1.807, 2.05) is 0 Å². The number of aromatic nitrogens is 2. The van der Waals surface area contributed by atoms with E-state index in [1.165, 1.54) is 37.4 Å². The molecule has 21 nitrogen and oxygen atoms in total. The van der Waals surface area contributed by atoms with Gasteiger partial charge in [0, 0.05) is 31.0 Å². The van der Waals surface area contributed by atoms with Crippen LogP contribution < -0.4 is 37.0 Å². The summed E-state index contributed by atoms with van der Waals surface area (Å²) in [5.41, 5.74) is 0.189. The Kier molecular flexibility index (Phi) is 16.1. The zero-order valence-electron chi connectivity index (χ0n) is 33.1. The Morgan fingerprint density at radius 1 is 0.758 bits per heavy atom. The summed E-state index contributed by atoms with van der Waals surface area (Å²) in [5.74, 6) is -3.75. The van der Waals surface area contributed by atoms with Gasteiger partial charge in [0.25, 0.3) is 5.56 Å². The Hall–Kier alpha value is -6.03. The van der Waals surface area contributed by atoms with Crippen LogP contribution in [0.5, 0.6) is 5.75 Å². The molecule has 0 saturated carbocycles. The van der Waals surface area contributed by atoms with Crippen LogP contribution in [0, 0.1) is 6.92 Å². The lowest BCUT2D eigenvalue weighted by Gasteiger charge is -2.40. The van der Waals surface area contributed by atoms with Crippen molar-refractivity contribution in [2.45, 2.75) is 81.5 Å². The molecule has 62 heavy (non-hydrogen) atoms. The van der Waals surface area contributed by atoms with Crippen LogP contribution in [0.15, 0.2) is 101 Å². The zero-order chi connectivity index (χ0) is 45.1. The minimum Gasteiger partial charge on any atom is -0.404 e. The van der Waals surface area contributed by atoms with Crippen LogP contribution in [0.4, 0.5) is 0 Å². The third kappa shape index (κ3) is 13.2. The molecule has 0 radical (unpaired) electrons. The number of carbonyl (C=O) groups is 4. The van der Waals surface area contributed by atoms with Crippen LogP contribution in [0.25, 0.3) is 0 Å². The number of aliphatic hydroxyl groups excluding tert-OH is 4. The van der Waals surface area contributed by atoms with Crippen LogP contribution in [0.2, 0.25) is 0 Å². The van der Waals surface area contributed by atoms with Gasteiger partial charge in [-0.3, -0.25) is 43.3 Å². The van der Waals surface area contributed by atoms with Gasteiger partial charge in [0.05, 0.1) is 6.61 Å². The standard InChI is InChI=1S/C40H47N6O15P/c1-22-19-46(40(56)45-35(22)51)20-31(48)41-27(16-23-8-4-2-5-9-23)36(52)42-28(17-24-10-6-3-7-11-24)37(53)43-29(18-25-12-14-26(15-13-25)61-62(57,58)59)38(54)44-32-34(50)33(49)30(21-47)60-39(32)55/h2-15,19,27-30,32-34,39,47,49-50,55H,16-18,20-21H2,1H3,(H,41,48)(H,42,52)(H,43,53)(H,44,54)(H,45,51,56)(H2,57,58,59)/t27-,28?,29-,30+,32+,33+,34+,39+/m0/s1. The van der Waals surface area contributed by atoms with Gasteiger partial charge in [0.2, 0.25) is 23.6 Å². The second-order valence-corrected chi connectivity index (χ2v) is 15.7. The molecule has 1 fully saturated rings. The van der Waals surface area contributed by atoms with E-state index in [9.17, 15) is 63.5 Å². The average Bonchev–Trinajstić information content (AvgIpc) is 3.22. The summed E-state index contributed by atoms with van der Waals surface area (Å²) < 4.78 is 22.1. The number of benzene rings is 3. The van der Waals surface area contributed by atoms with E-state index < -0.39 is 105 Å². The highest BCUT2D eigenvalue weighted by molar-refractivity contribution is 7.46. The van der Waals surface area contributed by atoms with Crippen molar-refractivity contribution in [1.82, 2.24) is 30.8 Å². The molecule has 1 unspecified atom stereocenters. The Morgan fingerprint density at radius 3 is 1.77 bits per heavy atom. The van der Waals surface area contributed by atoms with Gasteiger partial charge in [-0.05, 0) is 35.7 Å². The first-order valence-electron chi connectivity index (χ1n) is 19.1. The molecule has 8 atom stereocenters. The molecule has 3 aromatic carbocycles. The summed E-state index contributed by atoms with van der Waals surface area (Å²) in [6.07, 6.45) is -6.20. The number of amides is 4. The molecule has 5 rings (SSSR count). The van der Waals surface area contributed by atoms with Crippen LogP contribution in [-0.4, -0.2) is 119 Å². The second-order valence-electron chi connectivity index (χ2n) is 14.5. The number of hydrogen-bond donors (Lipinski definition) is 11. The fourth-order valence-corrected chi connectivity index (χ4v) is 6.98. The van der Waals surface area contributed by atoms with Crippen molar-refractivity contribution in [3.05, 3.63) is 134 Å². The molecule has 0 aliphatic carbocycles. The Labute approximate surface area is 353 Å². The largest absolute Gasteiger partial charge is 0.524 e. The van der Waals surface area contributed by atoms with Crippen LogP contribution in [0.1, 0.15) is 22.3 Å². The number of hydrogen-bond acceptors (Lipinski definition) is 13. The van der Waals surface area contributed by atoms with Gasteiger partial charge in [0.15, 0.2) is 6.29 Å². The fourth-order valence-electron chi connectivity index (χ4n) is 6.58. The van der Waals surface area contributed by atoms with Gasteiger partial charge >= 0.3 is 13.5 Å². The van der Waals surface area contributed by atoms with E-state index in [0.717, 1.165) is 4.57 Å². The zero-order valence-corrected chi connectivity index (χ0v) is 34.0. The van der Waals surface area contributed by atoms with Gasteiger partial charge in [-0.25, -0.2) is 9.36 Å². The van der Waals surface area contributed by atoms with E-state index in [2.05, 4.69) is 30.8 Å². The van der Waals surface area contributed by atoms with E-state index in [0.29, 0.717) is 16.7 Å². The van der Waals surface area contributed by atoms with Gasteiger partial charge in [-0.2, -0.15) is 0 Å². The van der Waals surface area contributed by atoms with Crippen LogP contribution in [-0.2, 0) is 54.3 Å². The molecule has 332 valence electrons. The number of aliphatic hydroxyl groups is 4. The Bertz CT molecular complexity index is 2340. The second kappa shape index (κ2) is 21.2. The van der Waals surface area contributed by atoms with Crippen molar-refractivity contribution in [2.75, 3.05) is 6.61 Å². The first kappa shape index (κ1) is 47.0. The first-order valence-corrected chi connectivity index (χ1v) is 20.7. The maximum absolute atomic E-state index is 14.3. The summed E-state index contributed by atoms with van der Waals surface area (Å²) >= 11 is 0. The van der Waals surface area contributed by atoms with E-state index in [-0.39, 0.29) is 30.6 Å². The smallest absolute Gasteiger partial charge is 0.404 e. The number of H-pyrrole nitrogens is 1. The van der Waals surface area contributed by atoms with E-state index >= 15 is 0 Å². The van der Waals surface area contributed by atoms with Crippen LogP contribution >= 0.6 is 7.82 Å². The van der Waals surface area contributed by atoms with Crippen molar-refractivity contribution in [2.24, 2.45) is 0 Å². The molecule has 1 aliphatic rings. The lowest BCUT2D eigenvalue weighted by Crippen LogP contribution is -2.66. The van der Waals surface area contributed by atoms with Crippen molar-refractivity contribution >= 4 is 31.5 Å². The van der Waals surface area contributed by atoms with Crippen molar-refractivity contribution < 1.29 is 63.2 Å². The van der Waals surface area contributed by atoms with Crippen molar-refractivity contribution in [1.29, 1.82) is 0 Å². The third-order valence-corrected chi connectivity index (χ3v) is 10.2. The molecule has 4 amide bonds. The summed E-state index contributed by atoms with van der Waals surface area (Å²) in [5, 5.41) is 51.5. The maximum atomic E-state index is 14.3. The average molecular weight is 883 g/mol. The molecule has 2 heterocycles. The SMILES string of the molecule is Cc1cn(CC(=O)N[C@@H](Cc2ccccc2)C(=O)NC(Cc2ccccc2)C(=O)N[C@@H](Cc2ccc(OP(=O)(O)O)cc2)C(=O)N[C@@H]2[C@@H](O)[C@H](O)[C@@H](CO)O[C@H]2O)c(=O)[nH]c1=O. The summed E-state index contributed by atoms with van der Waals surface area (Å²) in [7, 11) is -4.92. The number of ether oxygens (including phenoxy) is 1. The minimum absolute atomic E-state index is 0.0680. The van der Waals surface area contributed by atoms with Crippen LogP contribution in [0.3, 0.4) is 0 Å². The Morgan fingerprint density at radius 2 is 1.26 bits per heavy atom. The number of aromatic amines is 1. The quantitative estimate of drug-likeness (QED) is 0.0457. The maximum Gasteiger partial charge on any atom is 0.524 e. The highest BCUT2D eigenvalue weighted by Crippen LogP contribution is 2.37. The predicted molar refractivity (Wildman–Crippen MR) is 217 cm³/mol. The molecular weight excluding hydrogens is 835 g/mol. The predicted octanol–water partition coefficient (Wildman–Crippen LogP) is -2.58. The van der Waals surface area contributed by atoms with Crippen molar-refractivity contribution in [3.8, 4) is 5.75 Å². The van der Waals surface area contributed by atoms with E-state index in [4.69, 9.17) is 4.74 Å². The molecule has 11 N–H and O–H groups in total. The van der Waals surface area contributed by atoms with Crippen molar-refractivity contribution in [3.63, 3.8) is 0 Å². The van der Waals surface area contributed by atoms with Gasteiger partial charge < -0.3 is 51.0 Å². The number of phosphoric ester groups is 1. The normalized spacial score (nSPS) is 20.2. The molecule has 22 heteroatoms. The Balaban J connectivity index is 1.43. The topological polar surface area (TPSA) is 328 Å². The number of nitrogens with one attached hydrogen (secondary N) is 5. The van der Waals surface area contributed by atoms with E-state index in [1.54, 1.807) is 60.7 Å². The number of nitrogens with zero attached hydrogens (tertiary/aromatic N) is 1. The molecule has 0 spiro atoms. The number of rotatable bonds is 18. The molecule has 0 bridgehead atoms. The summed E-state index contributed by atoms with van der Waals surface area (Å²) in [4.78, 5) is 101. The van der Waals surface area contributed by atoms with Gasteiger partial charge in [-0.15, -0.1) is 0 Å². The number of aryl methyl sites for hydroxylation is 1. The first-order chi connectivity index (χ1) is 29.4. The highest BCUT2D eigenvalue weighted by Gasteiger charge is 2.45. The fraction of sp³-hybridized carbons (Fsp3) is 0.350. The van der Waals surface area contributed by atoms with Gasteiger partial charge in [-0.1, -0.05) is 72.8 Å². The molecule has 1 aromatic heterocycles.